The zero-order chi connectivity index (χ0) is 15.6. The summed E-state index contributed by atoms with van der Waals surface area (Å²) in [5.41, 5.74) is 6.68. The Balaban J connectivity index is 2.31. The van der Waals surface area contributed by atoms with Gasteiger partial charge in [-0.3, -0.25) is 14.9 Å². The number of nitrogens with one attached hydrogen (secondary N) is 1. The monoisotopic (exact) mass is 305 g/mol. The van der Waals surface area contributed by atoms with Gasteiger partial charge in [0.15, 0.2) is 0 Å². The Morgan fingerprint density at radius 3 is 2.48 bits per heavy atom. The zero-order valence-electron chi connectivity index (χ0n) is 11.1. The maximum Gasteiger partial charge on any atom is 0.294 e. The third-order valence-corrected chi connectivity index (χ3v) is 3.19. The minimum absolute atomic E-state index is 0.0294. The Kier molecular flexibility index (Phi) is 4.09. The van der Waals surface area contributed by atoms with Gasteiger partial charge in [0.1, 0.15) is 5.69 Å². The highest BCUT2D eigenvalue weighted by molar-refractivity contribution is 6.34. The van der Waals surface area contributed by atoms with Gasteiger partial charge in [0.25, 0.3) is 11.6 Å². The number of amides is 1. The Bertz CT molecular complexity index is 714. The van der Waals surface area contributed by atoms with Gasteiger partial charge in [0.05, 0.1) is 9.95 Å². The standard InChI is InChI=1S/C14H12ClN3O3/c1-8-2-4-10(5-3-8)17-14(19)9-6-11(15)13(16)12(7-9)18(20)21/h2-7H,16H2,1H3,(H,17,19). The Hall–Kier alpha value is -2.60. The molecular formula is C14H12ClN3O3. The van der Waals surface area contributed by atoms with Gasteiger partial charge in [-0.25, -0.2) is 0 Å². The largest absolute Gasteiger partial charge is 0.392 e. The lowest BCUT2D eigenvalue weighted by Crippen LogP contribution is -2.12. The molecule has 0 aromatic heterocycles. The fourth-order valence-corrected chi connectivity index (χ4v) is 1.94. The first kappa shape index (κ1) is 14.8. The first-order valence-electron chi connectivity index (χ1n) is 6.00. The number of carbonyl (C=O) groups excluding carboxylic acids is 1. The Morgan fingerprint density at radius 2 is 1.90 bits per heavy atom. The van der Waals surface area contributed by atoms with E-state index in [1.54, 1.807) is 12.1 Å². The molecule has 1 amide bonds. The molecule has 0 unspecified atom stereocenters. The number of halogens is 1. The number of nitro groups is 1. The molecule has 2 aromatic rings. The van der Waals surface area contributed by atoms with E-state index in [1.807, 2.05) is 19.1 Å². The summed E-state index contributed by atoms with van der Waals surface area (Å²) < 4.78 is 0. The molecule has 0 aliphatic rings. The smallest absolute Gasteiger partial charge is 0.294 e. The van der Waals surface area contributed by atoms with Gasteiger partial charge in [0.2, 0.25) is 0 Å². The van der Waals surface area contributed by atoms with Crippen molar-refractivity contribution in [3.8, 4) is 0 Å². The van der Waals surface area contributed by atoms with Crippen molar-refractivity contribution < 1.29 is 9.72 Å². The summed E-state index contributed by atoms with van der Waals surface area (Å²) in [4.78, 5) is 22.3. The second-order valence-electron chi connectivity index (χ2n) is 4.47. The van der Waals surface area contributed by atoms with E-state index in [0.717, 1.165) is 11.6 Å². The summed E-state index contributed by atoms with van der Waals surface area (Å²) in [5.74, 6) is -0.496. The molecule has 7 heteroatoms. The van der Waals surface area contributed by atoms with E-state index in [-0.39, 0.29) is 16.3 Å². The molecule has 0 bridgehead atoms. The van der Waals surface area contributed by atoms with Crippen molar-refractivity contribution in [2.45, 2.75) is 6.92 Å². The van der Waals surface area contributed by atoms with Crippen molar-refractivity contribution in [3.05, 3.63) is 62.7 Å². The van der Waals surface area contributed by atoms with Crippen molar-refractivity contribution in [1.82, 2.24) is 0 Å². The lowest BCUT2D eigenvalue weighted by molar-refractivity contribution is -0.383. The first-order chi connectivity index (χ1) is 9.88. The lowest BCUT2D eigenvalue weighted by atomic mass is 10.1. The number of nitrogens with zero attached hydrogens (tertiary/aromatic N) is 1. The SMILES string of the molecule is Cc1ccc(NC(=O)c2cc(Cl)c(N)c([N+](=O)[O-])c2)cc1. The van der Waals surface area contributed by atoms with Gasteiger partial charge in [-0.1, -0.05) is 29.3 Å². The number of hydrogen-bond donors (Lipinski definition) is 2. The van der Waals surface area contributed by atoms with Crippen LogP contribution < -0.4 is 11.1 Å². The number of benzene rings is 2. The Labute approximate surface area is 125 Å². The second-order valence-corrected chi connectivity index (χ2v) is 4.88. The number of nitro benzene ring substituents is 1. The molecule has 0 aliphatic carbocycles. The lowest BCUT2D eigenvalue weighted by Gasteiger charge is -2.07. The van der Waals surface area contributed by atoms with Crippen LogP contribution in [-0.4, -0.2) is 10.8 Å². The molecule has 0 radical (unpaired) electrons. The number of rotatable bonds is 3. The van der Waals surface area contributed by atoms with Gasteiger partial charge in [-0.05, 0) is 25.1 Å². The number of anilines is 2. The highest BCUT2D eigenvalue weighted by Gasteiger charge is 2.19. The average molecular weight is 306 g/mol. The molecule has 2 aromatic carbocycles. The van der Waals surface area contributed by atoms with Crippen molar-refractivity contribution >= 4 is 34.6 Å². The summed E-state index contributed by atoms with van der Waals surface area (Å²) in [5, 5.41) is 13.5. The van der Waals surface area contributed by atoms with Crippen molar-refractivity contribution in [1.29, 1.82) is 0 Å². The van der Waals surface area contributed by atoms with Crippen LogP contribution in [0.25, 0.3) is 0 Å². The van der Waals surface area contributed by atoms with E-state index < -0.39 is 16.5 Å². The summed E-state index contributed by atoms with van der Waals surface area (Å²) in [6.07, 6.45) is 0. The van der Waals surface area contributed by atoms with Gasteiger partial charge in [-0.2, -0.15) is 0 Å². The van der Waals surface area contributed by atoms with Crippen molar-refractivity contribution in [3.63, 3.8) is 0 Å². The summed E-state index contributed by atoms with van der Waals surface area (Å²) in [6.45, 7) is 1.93. The molecule has 0 fully saturated rings. The fourth-order valence-electron chi connectivity index (χ4n) is 1.73. The average Bonchev–Trinajstić information content (AvgIpc) is 2.43. The van der Waals surface area contributed by atoms with Crippen molar-refractivity contribution in [2.24, 2.45) is 0 Å². The molecule has 6 nitrogen and oxygen atoms in total. The fraction of sp³-hybridized carbons (Fsp3) is 0.0714. The zero-order valence-corrected chi connectivity index (χ0v) is 11.8. The topological polar surface area (TPSA) is 98.3 Å². The van der Waals surface area contributed by atoms with Crippen LogP contribution in [0.4, 0.5) is 17.1 Å². The third-order valence-electron chi connectivity index (χ3n) is 2.88. The molecule has 0 saturated carbocycles. The van der Waals surface area contributed by atoms with Crippen LogP contribution in [0.3, 0.4) is 0 Å². The van der Waals surface area contributed by atoms with Crippen molar-refractivity contribution in [2.75, 3.05) is 11.1 Å². The minimum Gasteiger partial charge on any atom is -0.392 e. The molecular weight excluding hydrogens is 294 g/mol. The van der Waals surface area contributed by atoms with E-state index in [0.29, 0.717) is 5.69 Å². The molecule has 2 rings (SSSR count). The van der Waals surface area contributed by atoms with Crippen LogP contribution in [0.1, 0.15) is 15.9 Å². The van der Waals surface area contributed by atoms with Gasteiger partial charge >= 0.3 is 0 Å². The number of carbonyl (C=O) groups is 1. The molecule has 0 spiro atoms. The summed E-state index contributed by atoms with van der Waals surface area (Å²) in [6, 6.07) is 9.56. The van der Waals surface area contributed by atoms with E-state index in [9.17, 15) is 14.9 Å². The molecule has 0 saturated heterocycles. The van der Waals surface area contributed by atoms with E-state index >= 15 is 0 Å². The summed E-state index contributed by atoms with van der Waals surface area (Å²) in [7, 11) is 0. The van der Waals surface area contributed by atoms with E-state index in [2.05, 4.69) is 5.32 Å². The maximum absolute atomic E-state index is 12.1. The predicted octanol–water partition coefficient (Wildman–Crippen LogP) is 3.39. The highest BCUT2D eigenvalue weighted by Crippen LogP contribution is 2.31. The van der Waals surface area contributed by atoms with Crippen LogP contribution in [0.5, 0.6) is 0 Å². The third kappa shape index (κ3) is 3.29. The number of nitrogen functional groups attached to an aromatic ring is 1. The first-order valence-corrected chi connectivity index (χ1v) is 6.37. The molecule has 3 N–H and O–H groups in total. The molecule has 0 aliphatic heterocycles. The number of hydrogen-bond acceptors (Lipinski definition) is 4. The van der Waals surface area contributed by atoms with Crippen LogP contribution in [-0.2, 0) is 0 Å². The van der Waals surface area contributed by atoms with Gasteiger partial charge < -0.3 is 11.1 Å². The second kappa shape index (κ2) is 5.80. The van der Waals surface area contributed by atoms with Gasteiger partial charge in [0, 0.05) is 17.3 Å². The molecule has 108 valence electrons. The maximum atomic E-state index is 12.1. The molecule has 21 heavy (non-hydrogen) atoms. The van der Waals surface area contributed by atoms with Crippen LogP contribution in [0.15, 0.2) is 36.4 Å². The summed E-state index contributed by atoms with van der Waals surface area (Å²) >= 11 is 5.82. The number of aryl methyl sites for hydroxylation is 1. The predicted molar refractivity (Wildman–Crippen MR) is 81.7 cm³/mol. The van der Waals surface area contributed by atoms with Crippen LogP contribution >= 0.6 is 11.6 Å². The number of nitrogens with two attached hydrogens (primary N) is 1. The molecule has 0 heterocycles. The van der Waals surface area contributed by atoms with Gasteiger partial charge in [-0.15, -0.1) is 0 Å². The quantitative estimate of drug-likeness (QED) is 0.516. The Morgan fingerprint density at radius 1 is 1.29 bits per heavy atom. The normalized spacial score (nSPS) is 10.2. The van der Waals surface area contributed by atoms with Crippen LogP contribution in [0, 0.1) is 17.0 Å². The van der Waals surface area contributed by atoms with E-state index in [1.165, 1.54) is 6.07 Å². The van der Waals surface area contributed by atoms with Crippen LogP contribution in [0.2, 0.25) is 5.02 Å². The highest BCUT2D eigenvalue weighted by atomic mass is 35.5. The van der Waals surface area contributed by atoms with E-state index in [4.69, 9.17) is 17.3 Å². The minimum atomic E-state index is -0.677. The molecule has 0 atom stereocenters.